The van der Waals surface area contributed by atoms with Crippen molar-refractivity contribution in [2.24, 2.45) is 0 Å². The number of benzene rings is 2. The van der Waals surface area contributed by atoms with E-state index in [0.29, 0.717) is 32.1 Å². The average molecular weight is 468 g/mol. The first-order valence-electron chi connectivity index (χ1n) is 11.0. The smallest absolute Gasteiger partial charge is 0.227 e. The molecule has 2 aromatic carbocycles. The van der Waals surface area contributed by atoms with Crippen LogP contribution < -0.4 is 4.74 Å². The summed E-state index contributed by atoms with van der Waals surface area (Å²) < 4.78 is 32.7. The normalized spacial score (nSPS) is 12.0. The molecule has 1 atom stereocenters. The number of terminal acetylenes is 1. The summed E-state index contributed by atoms with van der Waals surface area (Å²) in [6.07, 6.45) is 4.46. The number of ether oxygens (including phenoxy) is 3. The molecule has 1 unspecified atom stereocenters. The van der Waals surface area contributed by atoms with Crippen molar-refractivity contribution >= 4 is 0 Å². The first-order chi connectivity index (χ1) is 16.5. The molecule has 0 aliphatic carbocycles. The standard InChI is InChI=1S/C26H30FN3O4/c1-4-15-33-19-22(31)17-29(14-16-32-3)18-23-20(2)28-30(21-10-6-5-7-11-21)26(23)34-25-13-9-8-12-24(25)27/h1,5-13,22,31H,14-19H2,2-3H3. The van der Waals surface area contributed by atoms with Gasteiger partial charge in [-0.2, -0.15) is 5.10 Å². The Bertz CT molecular complexity index is 1080. The highest BCUT2D eigenvalue weighted by Crippen LogP contribution is 2.32. The van der Waals surface area contributed by atoms with Crippen molar-refractivity contribution in [3.63, 3.8) is 0 Å². The molecule has 0 aliphatic heterocycles. The Morgan fingerprint density at radius 2 is 1.91 bits per heavy atom. The predicted octanol–water partition coefficient (Wildman–Crippen LogP) is 3.57. The van der Waals surface area contributed by atoms with Gasteiger partial charge in [0.2, 0.25) is 5.88 Å². The molecule has 0 aliphatic rings. The fourth-order valence-corrected chi connectivity index (χ4v) is 3.48. The fourth-order valence-electron chi connectivity index (χ4n) is 3.48. The Kier molecular flexibility index (Phi) is 9.62. The van der Waals surface area contributed by atoms with E-state index in [9.17, 15) is 9.50 Å². The summed E-state index contributed by atoms with van der Waals surface area (Å²) >= 11 is 0. The van der Waals surface area contributed by atoms with Crippen molar-refractivity contribution < 1.29 is 23.7 Å². The third-order valence-electron chi connectivity index (χ3n) is 5.14. The number of nitrogens with zero attached hydrogens (tertiary/aromatic N) is 3. The number of hydrogen-bond donors (Lipinski definition) is 1. The second kappa shape index (κ2) is 12.9. The molecule has 1 aromatic heterocycles. The molecule has 0 saturated heterocycles. The summed E-state index contributed by atoms with van der Waals surface area (Å²) in [5, 5.41) is 15.1. The van der Waals surface area contributed by atoms with Crippen molar-refractivity contribution in [3.8, 4) is 29.7 Å². The number of aliphatic hydroxyl groups is 1. The van der Waals surface area contributed by atoms with Gasteiger partial charge < -0.3 is 19.3 Å². The Hall–Kier alpha value is -3.22. The van der Waals surface area contributed by atoms with E-state index < -0.39 is 11.9 Å². The largest absolute Gasteiger partial charge is 0.435 e. The predicted molar refractivity (Wildman–Crippen MR) is 128 cm³/mol. The van der Waals surface area contributed by atoms with Gasteiger partial charge in [0.25, 0.3) is 0 Å². The van der Waals surface area contributed by atoms with Crippen LogP contribution in [0.5, 0.6) is 11.6 Å². The Labute approximate surface area is 199 Å². The number of aryl methyl sites for hydroxylation is 1. The van der Waals surface area contributed by atoms with Gasteiger partial charge in [0.05, 0.1) is 36.3 Å². The molecule has 3 rings (SSSR count). The molecule has 0 spiro atoms. The van der Waals surface area contributed by atoms with E-state index in [1.807, 2.05) is 42.2 Å². The fraction of sp³-hybridized carbons (Fsp3) is 0.346. The summed E-state index contributed by atoms with van der Waals surface area (Å²) in [6, 6.07) is 15.8. The van der Waals surface area contributed by atoms with Crippen LogP contribution in [0.3, 0.4) is 0 Å². The van der Waals surface area contributed by atoms with Gasteiger partial charge in [-0.15, -0.1) is 6.42 Å². The highest BCUT2D eigenvalue weighted by Gasteiger charge is 2.23. The van der Waals surface area contributed by atoms with Crippen LogP contribution in [0.25, 0.3) is 5.69 Å². The zero-order chi connectivity index (χ0) is 24.3. The molecule has 34 heavy (non-hydrogen) atoms. The molecule has 8 heteroatoms. The van der Waals surface area contributed by atoms with E-state index >= 15 is 0 Å². The summed E-state index contributed by atoms with van der Waals surface area (Å²) in [4.78, 5) is 2.01. The lowest BCUT2D eigenvalue weighted by Gasteiger charge is -2.25. The van der Waals surface area contributed by atoms with Crippen LogP contribution in [0.15, 0.2) is 54.6 Å². The number of hydrogen-bond acceptors (Lipinski definition) is 6. The van der Waals surface area contributed by atoms with Gasteiger partial charge in [0, 0.05) is 26.7 Å². The van der Waals surface area contributed by atoms with Gasteiger partial charge in [-0.25, -0.2) is 9.07 Å². The number of aliphatic hydroxyl groups excluding tert-OH is 1. The summed E-state index contributed by atoms with van der Waals surface area (Å²) in [6.45, 7) is 3.88. The second-order valence-electron chi connectivity index (χ2n) is 7.75. The first-order valence-corrected chi connectivity index (χ1v) is 11.0. The molecule has 0 radical (unpaired) electrons. The highest BCUT2D eigenvalue weighted by atomic mass is 19.1. The van der Waals surface area contributed by atoms with E-state index in [2.05, 4.69) is 11.0 Å². The lowest BCUT2D eigenvalue weighted by molar-refractivity contribution is 0.0205. The molecule has 7 nitrogen and oxygen atoms in total. The van der Waals surface area contributed by atoms with Crippen molar-refractivity contribution in [2.45, 2.75) is 19.6 Å². The topological polar surface area (TPSA) is 69.0 Å². The van der Waals surface area contributed by atoms with Gasteiger partial charge in [0.15, 0.2) is 11.6 Å². The highest BCUT2D eigenvalue weighted by molar-refractivity contribution is 5.43. The molecular formula is C26H30FN3O4. The zero-order valence-electron chi connectivity index (χ0n) is 19.5. The number of rotatable bonds is 13. The van der Waals surface area contributed by atoms with Crippen molar-refractivity contribution in [1.29, 1.82) is 0 Å². The molecule has 1 N–H and O–H groups in total. The lowest BCUT2D eigenvalue weighted by atomic mass is 10.2. The molecule has 0 fully saturated rings. The SMILES string of the molecule is C#CCOCC(O)CN(CCOC)Cc1c(C)nn(-c2ccccc2)c1Oc1ccccc1F. The van der Waals surface area contributed by atoms with Crippen LogP contribution in [0.4, 0.5) is 4.39 Å². The van der Waals surface area contributed by atoms with Crippen LogP contribution in [0.1, 0.15) is 11.3 Å². The number of halogens is 1. The van der Waals surface area contributed by atoms with E-state index in [4.69, 9.17) is 20.6 Å². The molecule has 1 heterocycles. The van der Waals surface area contributed by atoms with E-state index in [-0.39, 0.29) is 19.0 Å². The van der Waals surface area contributed by atoms with E-state index in [0.717, 1.165) is 16.9 Å². The van der Waals surface area contributed by atoms with Gasteiger partial charge >= 0.3 is 0 Å². The molecule has 3 aromatic rings. The van der Waals surface area contributed by atoms with Crippen molar-refractivity contribution in [2.75, 3.05) is 40.0 Å². The molecule has 180 valence electrons. The van der Waals surface area contributed by atoms with Crippen LogP contribution in [-0.2, 0) is 16.0 Å². The Morgan fingerprint density at radius 1 is 1.18 bits per heavy atom. The van der Waals surface area contributed by atoms with Gasteiger partial charge in [-0.05, 0) is 31.2 Å². The molecule has 0 saturated carbocycles. The first kappa shape index (κ1) is 25.4. The van der Waals surface area contributed by atoms with Crippen LogP contribution in [0.2, 0.25) is 0 Å². The van der Waals surface area contributed by atoms with Gasteiger partial charge in [0.1, 0.15) is 6.61 Å². The van der Waals surface area contributed by atoms with Gasteiger partial charge in [-0.1, -0.05) is 36.3 Å². The van der Waals surface area contributed by atoms with Crippen LogP contribution in [0, 0.1) is 25.1 Å². The maximum Gasteiger partial charge on any atom is 0.227 e. The average Bonchev–Trinajstić information content (AvgIpc) is 3.14. The minimum atomic E-state index is -0.745. The number of aromatic nitrogens is 2. The third kappa shape index (κ3) is 6.89. The van der Waals surface area contributed by atoms with Crippen molar-refractivity contribution in [1.82, 2.24) is 14.7 Å². The third-order valence-corrected chi connectivity index (χ3v) is 5.14. The van der Waals surface area contributed by atoms with Crippen LogP contribution in [-0.4, -0.2) is 65.9 Å². The molecular weight excluding hydrogens is 437 g/mol. The van der Waals surface area contributed by atoms with Crippen LogP contribution >= 0.6 is 0 Å². The number of para-hydroxylation sites is 2. The molecule has 0 amide bonds. The number of methoxy groups -OCH3 is 1. The Morgan fingerprint density at radius 3 is 2.62 bits per heavy atom. The lowest BCUT2D eigenvalue weighted by Crippen LogP contribution is -2.36. The minimum Gasteiger partial charge on any atom is -0.435 e. The van der Waals surface area contributed by atoms with E-state index in [1.165, 1.54) is 6.07 Å². The van der Waals surface area contributed by atoms with E-state index in [1.54, 1.807) is 30.0 Å². The Balaban J connectivity index is 1.93. The second-order valence-corrected chi connectivity index (χ2v) is 7.75. The monoisotopic (exact) mass is 467 g/mol. The maximum absolute atomic E-state index is 14.5. The van der Waals surface area contributed by atoms with Gasteiger partial charge in [-0.3, -0.25) is 4.90 Å². The maximum atomic E-state index is 14.5. The molecule has 0 bridgehead atoms. The quantitative estimate of drug-likeness (QED) is 0.306. The zero-order valence-corrected chi connectivity index (χ0v) is 19.5. The van der Waals surface area contributed by atoms with Crippen molar-refractivity contribution in [3.05, 3.63) is 71.7 Å². The minimum absolute atomic E-state index is 0.104. The summed E-state index contributed by atoms with van der Waals surface area (Å²) in [5.74, 6) is 2.43. The summed E-state index contributed by atoms with van der Waals surface area (Å²) in [7, 11) is 1.62. The summed E-state index contributed by atoms with van der Waals surface area (Å²) in [5.41, 5.74) is 2.30.